The third-order valence-corrected chi connectivity index (χ3v) is 7.22. The molecular formula is C29H40N2O5S. The molecule has 2 aromatic carbocycles. The number of hydrogen-bond acceptors (Lipinski definition) is 6. The van der Waals surface area contributed by atoms with Crippen molar-refractivity contribution in [3.63, 3.8) is 0 Å². The minimum absolute atomic E-state index is 0.0966. The zero-order valence-corrected chi connectivity index (χ0v) is 22.8. The van der Waals surface area contributed by atoms with Crippen molar-refractivity contribution in [1.29, 1.82) is 0 Å². The lowest BCUT2D eigenvalue weighted by Crippen LogP contribution is -2.50. The SMILES string of the molecule is CC(C)(C)OC(=O)N[C@@H](Cc1ccccc1)[C@@H](O)C[C@H](Cc1ccccc1)NC(=O)O[C@@H]1CCCSC1. The second-order valence-electron chi connectivity index (χ2n) is 10.5. The average Bonchev–Trinajstić information content (AvgIpc) is 2.84. The van der Waals surface area contributed by atoms with Crippen LogP contribution in [0, 0.1) is 0 Å². The van der Waals surface area contributed by atoms with E-state index in [1.807, 2.05) is 60.7 Å². The van der Waals surface area contributed by atoms with Gasteiger partial charge in [-0.15, -0.1) is 0 Å². The molecule has 1 fully saturated rings. The van der Waals surface area contributed by atoms with E-state index in [2.05, 4.69) is 10.6 Å². The molecule has 3 N–H and O–H groups in total. The number of aliphatic hydroxyl groups excluding tert-OH is 1. The van der Waals surface area contributed by atoms with E-state index < -0.39 is 29.9 Å². The summed E-state index contributed by atoms with van der Waals surface area (Å²) in [5.41, 5.74) is 1.35. The Morgan fingerprint density at radius 3 is 2.16 bits per heavy atom. The summed E-state index contributed by atoms with van der Waals surface area (Å²) in [6.45, 7) is 5.39. The van der Waals surface area contributed by atoms with Crippen LogP contribution in [0.5, 0.6) is 0 Å². The van der Waals surface area contributed by atoms with Gasteiger partial charge in [-0.25, -0.2) is 9.59 Å². The molecule has 8 heteroatoms. The molecule has 1 heterocycles. The smallest absolute Gasteiger partial charge is 0.407 e. The number of carbonyl (C=O) groups is 2. The Hall–Kier alpha value is -2.71. The molecule has 0 aliphatic carbocycles. The maximum Gasteiger partial charge on any atom is 0.407 e. The third kappa shape index (κ3) is 11.1. The van der Waals surface area contributed by atoms with Gasteiger partial charge >= 0.3 is 12.2 Å². The first-order valence-electron chi connectivity index (χ1n) is 13.0. The average molecular weight is 529 g/mol. The zero-order chi connectivity index (χ0) is 26.7. The predicted octanol–water partition coefficient (Wildman–Crippen LogP) is 5.11. The fourth-order valence-electron chi connectivity index (χ4n) is 4.31. The van der Waals surface area contributed by atoms with E-state index in [9.17, 15) is 14.7 Å². The molecule has 0 radical (unpaired) electrons. The number of aliphatic hydroxyl groups is 1. The standard InChI is InChI=1S/C29H40N2O5S/c1-29(2,3)36-28(34)31-25(18-22-13-8-5-9-14-22)26(32)19-23(17-21-11-6-4-7-12-21)30-27(33)35-24-15-10-16-37-20-24/h4-9,11-14,23-26,32H,10,15-20H2,1-3H3,(H,30,33)(H,31,34)/t23-,24+,25-,26-/m0/s1. The number of rotatable bonds is 10. The van der Waals surface area contributed by atoms with Crippen LogP contribution >= 0.6 is 11.8 Å². The number of amides is 2. The van der Waals surface area contributed by atoms with Crippen LogP contribution in [0.25, 0.3) is 0 Å². The van der Waals surface area contributed by atoms with E-state index in [-0.39, 0.29) is 18.6 Å². The fraction of sp³-hybridized carbons (Fsp3) is 0.517. The van der Waals surface area contributed by atoms with Gasteiger partial charge in [0.05, 0.1) is 12.1 Å². The van der Waals surface area contributed by atoms with E-state index in [1.54, 1.807) is 32.5 Å². The lowest BCUT2D eigenvalue weighted by atomic mass is 9.94. The molecule has 0 bridgehead atoms. The van der Waals surface area contributed by atoms with Crippen LogP contribution in [-0.2, 0) is 22.3 Å². The highest BCUT2D eigenvalue weighted by atomic mass is 32.2. The summed E-state index contributed by atoms with van der Waals surface area (Å²) in [5.74, 6) is 1.90. The van der Waals surface area contributed by atoms with Gasteiger partial charge < -0.3 is 25.2 Å². The van der Waals surface area contributed by atoms with Crippen LogP contribution in [-0.4, -0.2) is 58.7 Å². The Morgan fingerprint density at radius 2 is 1.59 bits per heavy atom. The van der Waals surface area contributed by atoms with Crippen molar-refractivity contribution in [3.8, 4) is 0 Å². The van der Waals surface area contributed by atoms with Crippen molar-refractivity contribution >= 4 is 23.9 Å². The molecule has 2 aromatic rings. The minimum Gasteiger partial charge on any atom is -0.445 e. The normalized spacial score (nSPS) is 18.2. The first-order chi connectivity index (χ1) is 17.7. The van der Waals surface area contributed by atoms with Gasteiger partial charge in [0.2, 0.25) is 0 Å². The second kappa shape index (κ2) is 14.3. The number of thioether (sulfide) groups is 1. The lowest BCUT2D eigenvalue weighted by molar-refractivity contribution is 0.0394. The molecule has 0 unspecified atom stereocenters. The summed E-state index contributed by atoms with van der Waals surface area (Å²) >= 11 is 1.79. The Morgan fingerprint density at radius 1 is 0.973 bits per heavy atom. The van der Waals surface area contributed by atoms with Gasteiger partial charge in [-0.3, -0.25) is 0 Å². The van der Waals surface area contributed by atoms with E-state index in [1.165, 1.54) is 0 Å². The number of alkyl carbamates (subject to hydrolysis) is 2. The molecule has 202 valence electrons. The first-order valence-corrected chi connectivity index (χ1v) is 14.1. The van der Waals surface area contributed by atoms with Crippen LogP contribution in [0.3, 0.4) is 0 Å². The van der Waals surface area contributed by atoms with E-state index in [0.29, 0.717) is 12.8 Å². The second-order valence-corrected chi connectivity index (χ2v) is 11.7. The highest BCUT2D eigenvalue weighted by Crippen LogP contribution is 2.20. The molecule has 1 saturated heterocycles. The summed E-state index contributed by atoms with van der Waals surface area (Å²) in [7, 11) is 0. The maximum absolute atomic E-state index is 12.8. The summed E-state index contributed by atoms with van der Waals surface area (Å²) < 4.78 is 11.1. The number of carbonyl (C=O) groups excluding carboxylic acids is 2. The van der Waals surface area contributed by atoms with Crippen molar-refractivity contribution in [3.05, 3.63) is 71.8 Å². The van der Waals surface area contributed by atoms with Crippen LogP contribution in [0.4, 0.5) is 9.59 Å². The van der Waals surface area contributed by atoms with Gasteiger partial charge in [-0.1, -0.05) is 60.7 Å². The lowest BCUT2D eigenvalue weighted by Gasteiger charge is -2.30. The number of ether oxygens (including phenoxy) is 2. The van der Waals surface area contributed by atoms with Crippen LogP contribution < -0.4 is 10.6 Å². The predicted molar refractivity (Wildman–Crippen MR) is 148 cm³/mol. The highest BCUT2D eigenvalue weighted by molar-refractivity contribution is 7.99. The Bertz CT molecular complexity index is 961. The number of hydrogen-bond donors (Lipinski definition) is 3. The number of benzene rings is 2. The van der Waals surface area contributed by atoms with Gasteiger partial charge in [0.25, 0.3) is 0 Å². The third-order valence-electron chi connectivity index (χ3n) is 6.03. The van der Waals surface area contributed by atoms with Gasteiger partial charge in [-0.2, -0.15) is 11.8 Å². The number of nitrogens with one attached hydrogen (secondary N) is 2. The van der Waals surface area contributed by atoms with Crippen molar-refractivity contribution < 1.29 is 24.2 Å². The molecule has 1 aliphatic rings. The monoisotopic (exact) mass is 528 g/mol. The molecule has 4 atom stereocenters. The van der Waals surface area contributed by atoms with Crippen LogP contribution in [0.1, 0.15) is 51.2 Å². The van der Waals surface area contributed by atoms with Crippen LogP contribution in [0.2, 0.25) is 0 Å². The summed E-state index contributed by atoms with van der Waals surface area (Å²) in [5, 5.41) is 17.2. The van der Waals surface area contributed by atoms with Gasteiger partial charge in [0, 0.05) is 11.8 Å². The Kier molecular flexibility index (Phi) is 11.1. The summed E-state index contributed by atoms with van der Waals surface area (Å²) in [6, 6.07) is 18.5. The van der Waals surface area contributed by atoms with E-state index in [0.717, 1.165) is 35.5 Å². The Labute approximate surface area is 224 Å². The minimum atomic E-state index is -0.938. The molecule has 7 nitrogen and oxygen atoms in total. The van der Waals surface area contributed by atoms with Crippen LogP contribution in [0.15, 0.2) is 60.7 Å². The molecular weight excluding hydrogens is 488 g/mol. The molecule has 0 aromatic heterocycles. The molecule has 1 aliphatic heterocycles. The molecule has 0 saturated carbocycles. The fourth-order valence-corrected chi connectivity index (χ4v) is 5.35. The van der Waals surface area contributed by atoms with Crippen molar-refractivity contribution in [1.82, 2.24) is 10.6 Å². The van der Waals surface area contributed by atoms with E-state index in [4.69, 9.17) is 9.47 Å². The van der Waals surface area contributed by atoms with E-state index >= 15 is 0 Å². The Balaban J connectivity index is 1.71. The largest absolute Gasteiger partial charge is 0.445 e. The maximum atomic E-state index is 12.8. The topological polar surface area (TPSA) is 96.9 Å². The zero-order valence-electron chi connectivity index (χ0n) is 22.0. The van der Waals surface area contributed by atoms with Crippen molar-refractivity contribution in [2.24, 2.45) is 0 Å². The summed E-state index contributed by atoms with van der Waals surface area (Å²) in [4.78, 5) is 25.4. The molecule has 37 heavy (non-hydrogen) atoms. The quantitative estimate of drug-likeness (QED) is 0.397. The molecule has 0 spiro atoms. The first kappa shape index (κ1) is 28.9. The van der Waals surface area contributed by atoms with Crippen molar-refractivity contribution in [2.75, 3.05) is 11.5 Å². The highest BCUT2D eigenvalue weighted by Gasteiger charge is 2.29. The van der Waals surface area contributed by atoms with Gasteiger partial charge in [0.15, 0.2) is 0 Å². The van der Waals surface area contributed by atoms with Crippen molar-refractivity contribution in [2.45, 2.75) is 82.8 Å². The van der Waals surface area contributed by atoms with Gasteiger partial charge in [0.1, 0.15) is 11.7 Å². The van der Waals surface area contributed by atoms with Gasteiger partial charge in [-0.05, 0) is 69.8 Å². The summed E-state index contributed by atoms with van der Waals surface area (Å²) in [6.07, 6.45) is 0.983. The molecule has 3 rings (SSSR count). The molecule has 2 amide bonds.